The Labute approximate surface area is 650 Å². The van der Waals surface area contributed by atoms with Crippen LogP contribution in [-0.4, -0.2) is 0 Å². The van der Waals surface area contributed by atoms with Gasteiger partial charge in [-0.1, -0.05) is 455 Å². The minimum absolute atomic E-state index is 0. The first kappa shape index (κ1) is 103. The number of benzene rings is 10. The molecule has 105 heavy (non-hydrogen) atoms. The molecule has 0 aliphatic heterocycles. The zero-order valence-electron chi connectivity index (χ0n) is 67.7. The van der Waals surface area contributed by atoms with Gasteiger partial charge in [0.15, 0.2) is 0 Å². The maximum Gasteiger partial charge on any atom is 0.00359 e. The minimum Gasteiger partial charge on any atom is -0.103 e. The summed E-state index contributed by atoms with van der Waals surface area (Å²) in [4.78, 5) is 0. The third kappa shape index (κ3) is 28.9. The summed E-state index contributed by atoms with van der Waals surface area (Å²) >= 11 is 0. The summed E-state index contributed by atoms with van der Waals surface area (Å²) in [6, 6.07) is 85.0. The van der Waals surface area contributed by atoms with Crippen molar-refractivity contribution in [2.75, 3.05) is 0 Å². The molecule has 38 rings (SSSR count). The van der Waals surface area contributed by atoms with Crippen molar-refractivity contribution in [3.63, 3.8) is 0 Å². The quantitative estimate of drug-likeness (QED) is 0.154. The summed E-state index contributed by atoms with van der Waals surface area (Å²) in [5.41, 5.74) is 28.0. The summed E-state index contributed by atoms with van der Waals surface area (Å²) in [6.45, 7) is 56.5. The summed E-state index contributed by atoms with van der Waals surface area (Å²) in [7, 11) is 0. The second kappa shape index (κ2) is 60.4. The predicted octanol–water partition coefficient (Wildman–Crippen LogP) is 36.4. The molecule has 4 atom stereocenters. The van der Waals surface area contributed by atoms with E-state index in [-0.39, 0.29) is 29.7 Å². The second-order valence-corrected chi connectivity index (χ2v) is 22.2. The van der Waals surface area contributed by atoms with Crippen molar-refractivity contribution in [3.05, 3.63) is 291 Å². The molecule has 10 aromatic rings. The Bertz CT molecular complexity index is 3420. The number of allylic oxidation sites excluding steroid dienone is 6. The Hall–Kier alpha value is -8.84. The average molecular weight is 1410 g/mol. The van der Waals surface area contributed by atoms with Crippen molar-refractivity contribution in [3.8, 4) is 111 Å². The Kier molecular flexibility index (Phi) is 59.0. The van der Waals surface area contributed by atoms with Crippen molar-refractivity contribution in [1.82, 2.24) is 0 Å². The highest BCUT2D eigenvalue weighted by atomic mass is 14.4. The third-order valence-electron chi connectivity index (χ3n) is 16.8. The Morgan fingerprint density at radius 3 is 0.571 bits per heavy atom. The lowest BCUT2D eigenvalue weighted by molar-refractivity contribution is 0.639. The molecule has 0 aromatic heterocycles. The lowest BCUT2D eigenvalue weighted by atomic mass is 9.85. The zero-order chi connectivity index (χ0) is 75.7. The van der Waals surface area contributed by atoms with Gasteiger partial charge in [0.05, 0.1) is 0 Å². The van der Waals surface area contributed by atoms with Crippen LogP contribution in [-0.2, 0) is 0 Å². The van der Waals surface area contributed by atoms with E-state index in [0.29, 0.717) is 11.8 Å². The van der Waals surface area contributed by atoms with E-state index >= 15 is 0 Å². The molecule has 0 N–H and O–H groups in total. The number of hydrogen-bond acceptors (Lipinski definition) is 0. The molecule has 4 unspecified atom stereocenters. The lowest BCUT2D eigenvalue weighted by Gasteiger charge is -2.19. The maximum absolute atomic E-state index is 4.25. The monoisotopic (exact) mass is 1410 g/mol. The molecule has 20 bridgehead atoms. The fourth-order valence-corrected chi connectivity index (χ4v) is 12.5. The van der Waals surface area contributed by atoms with Crippen molar-refractivity contribution in [2.24, 2.45) is 11.8 Å². The molecule has 0 heterocycles. The van der Waals surface area contributed by atoms with Crippen LogP contribution in [0.1, 0.15) is 251 Å². The first-order valence-corrected chi connectivity index (χ1v) is 39.5. The maximum atomic E-state index is 4.25. The highest BCUT2D eigenvalue weighted by molar-refractivity contribution is 5.84. The normalized spacial score (nSPS) is 13.3. The highest BCUT2D eigenvalue weighted by Crippen LogP contribution is 2.52. The van der Waals surface area contributed by atoms with E-state index in [1.807, 2.05) is 138 Å². The van der Waals surface area contributed by atoms with Gasteiger partial charge in [0, 0.05) is 11.8 Å². The van der Waals surface area contributed by atoms with Crippen LogP contribution >= 0.6 is 0 Å². The van der Waals surface area contributed by atoms with Gasteiger partial charge in [-0.2, -0.15) is 0 Å². The van der Waals surface area contributed by atoms with Gasteiger partial charge in [-0.05, 0) is 174 Å². The summed E-state index contributed by atoms with van der Waals surface area (Å²) < 4.78 is 0. The SMILES string of the molecule is C.C.C.C.C=CC1CC(/C=C/C)c2c3ccc(c21)-c1ccc(cc1)-c1ccc(cc1)-c1ccc(cc1)-c1ccc-3cc1.C=CC1CCC(/C=C/C)C1.CC.CC.CC.CC.CC.CC.CC.CC.CC.CC.CCC.c1cc2ccc1-c1ccc(cc1)-c1ccc(cc1)-c1ccc(cc1)-c1ccc-2cc1. The van der Waals surface area contributed by atoms with E-state index in [4.69, 9.17) is 0 Å². The lowest BCUT2D eigenvalue weighted by Crippen LogP contribution is -1.97. The van der Waals surface area contributed by atoms with E-state index in [9.17, 15) is 0 Å². The Balaban J connectivity index is -0.000000679. The van der Waals surface area contributed by atoms with Crippen molar-refractivity contribution < 1.29 is 0 Å². The van der Waals surface area contributed by atoms with Crippen LogP contribution in [0.5, 0.6) is 0 Å². The Morgan fingerprint density at radius 2 is 0.410 bits per heavy atom. The molecular formula is C105H150. The van der Waals surface area contributed by atoms with E-state index < -0.39 is 0 Å². The summed E-state index contributed by atoms with van der Waals surface area (Å²) in [5, 5.41) is 0. The summed E-state index contributed by atoms with van der Waals surface area (Å²) in [6.07, 6.45) is 19.7. The molecule has 0 nitrogen and oxygen atoms in total. The van der Waals surface area contributed by atoms with Gasteiger partial charge >= 0.3 is 0 Å². The van der Waals surface area contributed by atoms with Crippen LogP contribution in [0.3, 0.4) is 0 Å². The van der Waals surface area contributed by atoms with Gasteiger partial charge in [0.25, 0.3) is 0 Å². The standard InChI is InChI=1S/C38H30.C30H20.C10H16.C3H8.10C2H6.4CH4/c1-3-5-34-24-25(4-2)37-35-22-23-36(38(34)37)33-20-16-31(17-21-33)29-12-8-27(9-13-29)26-6-10-28(11-7-26)30-14-18-32(35)19-15-30;1-2-22-4-3-21(1)23-5-7-25(8-6-23)27-13-15-29(16-14-27)30-19-17-28(18-20-30)26-11-9-24(22)10-12-26;1-3-5-10-7-6-9(4-2)8-10;1-3-2;10*1-2;;;;/h3-23,25,34H,2,24H2,1H3;1-20H;3-5,9-10H,2,6-8H2,1H3;3H2,1-2H3;10*1-2H3;4*1H4/b5-3+,27-26?,30-28?,31-29?,35-32?,36-33?;;5-3+;;;;;;;;;;;;;;;. The smallest absolute Gasteiger partial charge is 0.00359 e. The molecule has 28 aliphatic rings. The van der Waals surface area contributed by atoms with Gasteiger partial charge in [-0.25, -0.2) is 0 Å². The van der Waals surface area contributed by atoms with Gasteiger partial charge in [-0.15, -0.1) is 13.2 Å². The fraction of sp³-hybridized carbons (Fsp3) is 0.352. The molecule has 0 amide bonds. The van der Waals surface area contributed by atoms with Gasteiger partial charge < -0.3 is 0 Å². The predicted molar refractivity (Wildman–Crippen MR) is 492 cm³/mol. The molecule has 10 aromatic carbocycles. The van der Waals surface area contributed by atoms with Crippen LogP contribution in [0, 0.1) is 11.8 Å². The number of rotatable bonds is 4. The summed E-state index contributed by atoms with van der Waals surface area (Å²) in [5.74, 6) is 2.36. The van der Waals surface area contributed by atoms with Crippen LogP contribution in [0.25, 0.3) is 111 Å². The van der Waals surface area contributed by atoms with Crippen LogP contribution in [0.4, 0.5) is 0 Å². The second-order valence-electron chi connectivity index (χ2n) is 22.2. The molecule has 0 saturated heterocycles. The van der Waals surface area contributed by atoms with E-state index in [2.05, 4.69) is 308 Å². The number of hydrogen-bond donors (Lipinski definition) is 0. The molecule has 570 valence electrons. The topological polar surface area (TPSA) is 0 Å². The zero-order valence-corrected chi connectivity index (χ0v) is 67.7. The molecule has 1 fully saturated rings. The average Bonchev–Trinajstić information content (AvgIpc) is 1.61. The third-order valence-corrected chi connectivity index (χ3v) is 16.8. The highest BCUT2D eigenvalue weighted by Gasteiger charge is 2.33. The van der Waals surface area contributed by atoms with Crippen molar-refractivity contribution in [2.45, 2.75) is 240 Å². The molecule has 0 heteroatoms. The van der Waals surface area contributed by atoms with E-state index in [0.717, 1.165) is 18.3 Å². The van der Waals surface area contributed by atoms with Crippen molar-refractivity contribution >= 4 is 0 Å². The van der Waals surface area contributed by atoms with E-state index in [1.165, 1.54) is 148 Å². The Morgan fingerprint density at radius 1 is 0.238 bits per heavy atom. The fourth-order valence-electron chi connectivity index (χ4n) is 12.5. The minimum atomic E-state index is 0. The first-order valence-electron chi connectivity index (χ1n) is 39.5. The molecule has 0 radical (unpaired) electrons. The molecular weight excluding hydrogens is 1260 g/mol. The van der Waals surface area contributed by atoms with Crippen LogP contribution in [0.2, 0.25) is 0 Å². The van der Waals surface area contributed by atoms with Gasteiger partial charge in [0.1, 0.15) is 0 Å². The first-order chi connectivity index (χ1) is 49.8. The van der Waals surface area contributed by atoms with Crippen LogP contribution < -0.4 is 0 Å². The van der Waals surface area contributed by atoms with E-state index in [1.54, 1.807) is 0 Å². The molecule has 28 aliphatic carbocycles. The van der Waals surface area contributed by atoms with Gasteiger partial charge in [0.2, 0.25) is 0 Å². The van der Waals surface area contributed by atoms with Gasteiger partial charge in [-0.3, -0.25) is 0 Å². The largest absolute Gasteiger partial charge is 0.103 e. The molecule has 1 saturated carbocycles. The molecule has 0 spiro atoms. The van der Waals surface area contributed by atoms with Crippen molar-refractivity contribution in [1.29, 1.82) is 0 Å². The van der Waals surface area contributed by atoms with Crippen LogP contribution in [0.15, 0.2) is 280 Å².